The Morgan fingerprint density at radius 1 is 1.35 bits per heavy atom. The van der Waals surface area contributed by atoms with Crippen LogP contribution < -0.4 is 10.1 Å². The van der Waals surface area contributed by atoms with Crippen molar-refractivity contribution < 1.29 is 4.74 Å². The predicted molar refractivity (Wildman–Crippen MR) is 71.8 cm³/mol. The number of benzene rings is 1. The monoisotopic (exact) mass is 233 g/mol. The number of ether oxygens (including phenoxy) is 1. The summed E-state index contributed by atoms with van der Waals surface area (Å²) in [5.41, 5.74) is 2.76. The standard InChI is InChI=1S/C15H23NO/c1-4-16-10-11(2)12(3)14-7-5-6-13-8-9-17-15(13)14/h5-7,11-12,16H,4,8-10H2,1-3H3. The van der Waals surface area contributed by atoms with Crippen LogP contribution in [0.5, 0.6) is 5.75 Å². The fraction of sp³-hybridized carbons (Fsp3) is 0.600. The Labute approximate surface area is 104 Å². The molecule has 2 rings (SSSR count). The largest absolute Gasteiger partial charge is 0.493 e. The van der Waals surface area contributed by atoms with Gasteiger partial charge in [0.2, 0.25) is 0 Å². The van der Waals surface area contributed by atoms with Crippen LogP contribution in [-0.2, 0) is 6.42 Å². The summed E-state index contributed by atoms with van der Waals surface area (Å²) in [4.78, 5) is 0. The van der Waals surface area contributed by atoms with Gasteiger partial charge in [-0.05, 0) is 36.1 Å². The summed E-state index contributed by atoms with van der Waals surface area (Å²) in [6.45, 7) is 9.73. The Kier molecular flexibility index (Phi) is 4.06. The van der Waals surface area contributed by atoms with E-state index in [1.165, 1.54) is 11.1 Å². The highest BCUT2D eigenvalue weighted by Gasteiger charge is 2.22. The van der Waals surface area contributed by atoms with E-state index in [0.29, 0.717) is 11.8 Å². The van der Waals surface area contributed by atoms with Crippen LogP contribution in [0.1, 0.15) is 37.8 Å². The van der Waals surface area contributed by atoms with Crippen LogP contribution in [0.3, 0.4) is 0 Å². The van der Waals surface area contributed by atoms with Gasteiger partial charge in [0, 0.05) is 6.42 Å². The maximum Gasteiger partial charge on any atom is 0.126 e. The van der Waals surface area contributed by atoms with E-state index in [2.05, 4.69) is 44.3 Å². The van der Waals surface area contributed by atoms with E-state index in [1.54, 1.807) is 0 Å². The molecule has 0 saturated heterocycles. The first kappa shape index (κ1) is 12.4. The minimum absolute atomic E-state index is 0.544. The fourth-order valence-electron chi connectivity index (χ4n) is 2.45. The second-order valence-corrected chi connectivity index (χ2v) is 5.01. The Bertz CT molecular complexity index is 375. The lowest BCUT2D eigenvalue weighted by Crippen LogP contribution is -2.24. The van der Waals surface area contributed by atoms with Crippen LogP contribution >= 0.6 is 0 Å². The predicted octanol–water partition coefficient (Wildman–Crippen LogP) is 2.97. The lowest BCUT2D eigenvalue weighted by molar-refractivity contribution is 0.345. The molecule has 2 unspecified atom stereocenters. The molecule has 2 nitrogen and oxygen atoms in total. The summed E-state index contributed by atoms with van der Waals surface area (Å²) >= 11 is 0. The van der Waals surface area contributed by atoms with Crippen molar-refractivity contribution in [3.8, 4) is 5.75 Å². The van der Waals surface area contributed by atoms with Gasteiger partial charge < -0.3 is 10.1 Å². The second kappa shape index (κ2) is 5.54. The van der Waals surface area contributed by atoms with Gasteiger partial charge in [-0.25, -0.2) is 0 Å². The van der Waals surface area contributed by atoms with Gasteiger partial charge in [0.1, 0.15) is 5.75 Å². The molecule has 2 heteroatoms. The zero-order chi connectivity index (χ0) is 12.3. The molecule has 94 valence electrons. The molecule has 1 aliphatic rings. The molecule has 1 aromatic rings. The highest BCUT2D eigenvalue weighted by Crippen LogP contribution is 2.36. The number of hydrogen-bond donors (Lipinski definition) is 1. The molecule has 1 aliphatic heterocycles. The van der Waals surface area contributed by atoms with Gasteiger partial charge in [-0.1, -0.05) is 39.0 Å². The van der Waals surface area contributed by atoms with Gasteiger partial charge in [0.15, 0.2) is 0 Å². The first-order valence-electron chi connectivity index (χ1n) is 6.69. The van der Waals surface area contributed by atoms with Gasteiger partial charge in [-0.15, -0.1) is 0 Å². The SMILES string of the molecule is CCNCC(C)C(C)c1cccc2c1OCC2. The Balaban J connectivity index is 2.14. The molecule has 0 spiro atoms. The average Bonchev–Trinajstić information content (AvgIpc) is 2.82. The van der Waals surface area contributed by atoms with Gasteiger partial charge in [0.05, 0.1) is 6.61 Å². The third kappa shape index (κ3) is 2.63. The number of fused-ring (bicyclic) bond motifs is 1. The maximum absolute atomic E-state index is 5.78. The molecule has 0 aliphatic carbocycles. The zero-order valence-electron chi connectivity index (χ0n) is 11.1. The number of para-hydroxylation sites is 1. The molecule has 1 N–H and O–H groups in total. The first-order chi connectivity index (χ1) is 8.24. The van der Waals surface area contributed by atoms with Crippen LogP contribution in [0.4, 0.5) is 0 Å². The zero-order valence-corrected chi connectivity index (χ0v) is 11.1. The quantitative estimate of drug-likeness (QED) is 0.844. The van der Waals surface area contributed by atoms with E-state index in [9.17, 15) is 0 Å². The van der Waals surface area contributed by atoms with Crippen molar-refractivity contribution in [2.75, 3.05) is 19.7 Å². The van der Waals surface area contributed by atoms with E-state index in [4.69, 9.17) is 4.74 Å². The Hall–Kier alpha value is -1.02. The van der Waals surface area contributed by atoms with Gasteiger partial charge in [0.25, 0.3) is 0 Å². The second-order valence-electron chi connectivity index (χ2n) is 5.01. The molecule has 0 radical (unpaired) electrons. The summed E-state index contributed by atoms with van der Waals surface area (Å²) in [6.07, 6.45) is 1.07. The molecular weight excluding hydrogens is 210 g/mol. The van der Waals surface area contributed by atoms with Gasteiger partial charge >= 0.3 is 0 Å². The lowest BCUT2D eigenvalue weighted by Gasteiger charge is -2.22. The minimum Gasteiger partial charge on any atom is -0.493 e. The van der Waals surface area contributed by atoms with Crippen molar-refractivity contribution >= 4 is 0 Å². The lowest BCUT2D eigenvalue weighted by atomic mass is 9.87. The van der Waals surface area contributed by atoms with Crippen molar-refractivity contribution in [2.24, 2.45) is 5.92 Å². The van der Waals surface area contributed by atoms with Gasteiger partial charge in [-0.3, -0.25) is 0 Å². The third-order valence-electron chi connectivity index (χ3n) is 3.81. The van der Waals surface area contributed by atoms with E-state index in [1.807, 2.05) is 0 Å². The molecule has 1 aromatic carbocycles. The molecule has 17 heavy (non-hydrogen) atoms. The van der Waals surface area contributed by atoms with Crippen molar-refractivity contribution in [1.29, 1.82) is 0 Å². The molecule has 0 aromatic heterocycles. The van der Waals surface area contributed by atoms with Crippen LogP contribution in [0.15, 0.2) is 18.2 Å². The molecule has 0 bridgehead atoms. The normalized spacial score (nSPS) is 17.4. The van der Waals surface area contributed by atoms with Crippen molar-refractivity contribution in [3.05, 3.63) is 29.3 Å². The van der Waals surface area contributed by atoms with E-state index >= 15 is 0 Å². The molecule has 0 amide bonds. The summed E-state index contributed by atoms with van der Waals surface area (Å²) in [7, 11) is 0. The van der Waals surface area contributed by atoms with Crippen molar-refractivity contribution in [1.82, 2.24) is 5.32 Å². The number of nitrogens with one attached hydrogen (secondary N) is 1. The first-order valence-corrected chi connectivity index (χ1v) is 6.69. The Morgan fingerprint density at radius 3 is 2.94 bits per heavy atom. The molecule has 0 fully saturated rings. The van der Waals surface area contributed by atoms with Crippen LogP contribution in [0.2, 0.25) is 0 Å². The molecule has 1 heterocycles. The molecule has 0 saturated carbocycles. The summed E-state index contributed by atoms with van der Waals surface area (Å²) in [5, 5.41) is 3.43. The molecule has 2 atom stereocenters. The maximum atomic E-state index is 5.78. The van der Waals surface area contributed by atoms with E-state index in [-0.39, 0.29) is 0 Å². The van der Waals surface area contributed by atoms with Crippen molar-refractivity contribution in [2.45, 2.75) is 33.1 Å². The third-order valence-corrected chi connectivity index (χ3v) is 3.81. The number of hydrogen-bond acceptors (Lipinski definition) is 2. The fourth-order valence-corrected chi connectivity index (χ4v) is 2.45. The van der Waals surface area contributed by atoms with Crippen LogP contribution in [0, 0.1) is 5.92 Å². The van der Waals surface area contributed by atoms with E-state index in [0.717, 1.165) is 31.9 Å². The molecular formula is C15H23NO. The number of rotatable bonds is 5. The summed E-state index contributed by atoms with van der Waals surface area (Å²) in [5.74, 6) is 2.33. The topological polar surface area (TPSA) is 21.3 Å². The van der Waals surface area contributed by atoms with Crippen LogP contribution in [0.25, 0.3) is 0 Å². The highest BCUT2D eigenvalue weighted by molar-refractivity contribution is 5.45. The minimum atomic E-state index is 0.544. The summed E-state index contributed by atoms with van der Waals surface area (Å²) in [6, 6.07) is 6.57. The van der Waals surface area contributed by atoms with Crippen LogP contribution in [-0.4, -0.2) is 19.7 Å². The smallest absolute Gasteiger partial charge is 0.126 e. The Morgan fingerprint density at radius 2 is 2.18 bits per heavy atom. The van der Waals surface area contributed by atoms with E-state index < -0.39 is 0 Å². The van der Waals surface area contributed by atoms with Gasteiger partial charge in [-0.2, -0.15) is 0 Å². The average molecular weight is 233 g/mol. The summed E-state index contributed by atoms with van der Waals surface area (Å²) < 4.78 is 5.78. The van der Waals surface area contributed by atoms with Crippen molar-refractivity contribution in [3.63, 3.8) is 0 Å². The highest BCUT2D eigenvalue weighted by atomic mass is 16.5.